The van der Waals surface area contributed by atoms with Crippen LogP contribution in [-0.4, -0.2) is 22.1 Å². The van der Waals surface area contributed by atoms with Crippen molar-refractivity contribution in [1.82, 2.24) is 4.98 Å². The number of carboxylic acids is 1. The van der Waals surface area contributed by atoms with Crippen molar-refractivity contribution in [1.29, 1.82) is 0 Å². The first-order valence-corrected chi connectivity index (χ1v) is 7.37. The predicted octanol–water partition coefficient (Wildman–Crippen LogP) is 3.13. The van der Waals surface area contributed by atoms with Gasteiger partial charge < -0.3 is 16.2 Å². The van der Waals surface area contributed by atoms with E-state index in [1.807, 2.05) is 0 Å². The van der Waals surface area contributed by atoms with Crippen molar-refractivity contribution < 1.29 is 9.90 Å². The van der Waals surface area contributed by atoms with E-state index in [-0.39, 0.29) is 11.3 Å². The van der Waals surface area contributed by atoms with Gasteiger partial charge in [0.15, 0.2) is 0 Å². The molecule has 110 valence electrons. The molecule has 1 aromatic rings. The minimum atomic E-state index is -1.02. The number of hydrogen-bond acceptors (Lipinski definition) is 4. The van der Waals surface area contributed by atoms with E-state index in [0.717, 1.165) is 6.42 Å². The SMILES string of the molecule is CCC(Nc1cc(C(=O)O)c(N)cn1)C1CCCCC1. The molecule has 5 heteroatoms. The Morgan fingerprint density at radius 1 is 1.50 bits per heavy atom. The molecular weight excluding hydrogens is 254 g/mol. The van der Waals surface area contributed by atoms with Gasteiger partial charge in [0.05, 0.1) is 17.4 Å². The molecule has 2 rings (SSSR count). The van der Waals surface area contributed by atoms with Gasteiger partial charge in [0, 0.05) is 6.04 Å². The van der Waals surface area contributed by atoms with Gasteiger partial charge in [-0.25, -0.2) is 9.78 Å². The molecule has 0 radical (unpaired) electrons. The fourth-order valence-electron chi connectivity index (χ4n) is 3.01. The predicted molar refractivity (Wildman–Crippen MR) is 79.9 cm³/mol. The summed E-state index contributed by atoms with van der Waals surface area (Å²) in [5, 5.41) is 12.5. The van der Waals surface area contributed by atoms with Gasteiger partial charge in [0.1, 0.15) is 5.82 Å². The van der Waals surface area contributed by atoms with Gasteiger partial charge in [-0.15, -0.1) is 0 Å². The Hall–Kier alpha value is -1.78. The van der Waals surface area contributed by atoms with Gasteiger partial charge in [0.25, 0.3) is 0 Å². The van der Waals surface area contributed by atoms with E-state index in [1.165, 1.54) is 44.4 Å². The van der Waals surface area contributed by atoms with Crippen LogP contribution < -0.4 is 11.1 Å². The Kier molecular flexibility index (Phi) is 4.82. The lowest BCUT2D eigenvalue weighted by atomic mass is 9.83. The minimum absolute atomic E-state index is 0.112. The molecule has 0 bridgehead atoms. The van der Waals surface area contributed by atoms with E-state index in [1.54, 1.807) is 0 Å². The first-order chi connectivity index (χ1) is 9.61. The number of carboxylic acid groups (broad SMARTS) is 1. The second-order valence-corrected chi connectivity index (χ2v) is 5.52. The second kappa shape index (κ2) is 6.59. The first-order valence-electron chi connectivity index (χ1n) is 7.37. The van der Waals surface area contributed by atoms with Crippen LogP contribution in [-0.2, 0) is 0 Å². The van der Waals surface area contributed by atoms with Crippen LogP contribution in [0.4, 0.5) is 11.5 Å². The summed E-state index contributed by atoms with van der Waals surface area (Å²) in [6, 6.07) is 1.89. The van der Waals surface area contributed by atoms with Gasteiger partial charge in [-0.1, -0.05) is 26.2 Å². The lowest BCUT2D eigenvalue weighted by Gasteiger charge is -2.30. The number of hydrogen-bond donors (Lipinski definition) is 3. The van der Waals surface area contributed by atoms with E-state index in [2.05, 4.69) is 17.2 Å². The molecule has 4 N–H and O–H groups in total. The second-order valence-electron chi connectivity index (χ2n) is 5.52. The maximum absolute atomic E-state index is 11.1. The van der Waals surface area contributed by atoms with Crippen molar-refractivity contribution in [2.45, 2.75) is 51.5 Å². The zero-order valence-corrected chi connectivity index (χ0v) is 11.9. The molecule has 1 saturated carbocycles. The zero-order valence-electron chi connectivity index (χ0n) is 11.9. The average Bonchev–Trinajstić information content (AvgIpc) is 2.47. The van der Waals surface area contributed by atoms with Crippen molar-refractivity contribution >= 4 is 17.5 Å². The number of aromatic carboxylic acids is 1. The standard InChI is InChI=1S/C15H23N3O2/c1-2-13(10-6-4-3-5-7-10)18-14-8-11(15(19)20)12(16)9-17-14/h8-10,13H,2-7,16H2,1H3,(H,17,18)(H,19,20). The number of nitrogens with one attached hydrogen (secondary N) is 1. The molecule has 1 aliphatic rings. The first kappa shape index (κ1) is 14.6. The van der Waals surface area contributed by atoms with E-state index in [0.29, 0.717) is 17.8 Å². The van der Waals surface area contributed by atoms with Crippen LogP contribution >= 0.6 is 0 Å². The van der Waals surface area contributed by atoms with Gasteiger partial charge in [0.2, 0.25) is 0 Å². The van der Waals surface area contributed by atoms with Crippen molar-refractivity contribution in [2.75, 3.05) is 11.1 Å². The summed E-state index contributed by atoms with van der Waals surface area (Å²) in [4.78, 5) is 15.3. The number of carbonyl (C=O) groups is 1. The summed E-state index contributed by atoms with van der Waals surface area (Å²) in [6.45, 7) is 2.15. The lowest BCUT2D eigenvalue weighted by Crippen LogP contribution is -2.30. The molecule has 0 saturated heterocycles. The average molecular weight is 277 g/mol. The molecule has 0 amide bonds. The van der Waals surface area contributed by atoms with Gasteiger partial charge >= 0.3 is 5.97 Å². The van der Waals surface area contributed by atoms with E-state index in [9.17, 15) is 4.79 Å². The molecule has 1 fully saturated rings. The highest BCUT2D eigenvalue weighted by Crippen LogP contribution is 2.29. The maximum Gasteiger partial charge on any atom is 0.337 e. The zero-order chi connectivity index (χ0) is 14.5. The molecule has 1 aromatic heterocycles. The molecule has 0 aromatic carbocycles. The number of pyridine rings is 1. The monoisotopic (exact) mass is 277 g/mol. The summed E-state index contributed by atoms with van der Waals surface area (Å²) >= 11 is 0. The van der Waals surface area contributed by atoms with Crippen molar-refractivity contribution in [3.63, 3.8) is 0 Å². The van der Waals surface area contributed by atoms with Crippen LogP contribution in [0.15, 0.2) is 12.3 Å². The molecule has 0 spiro atoms. The molecule has 1 unspecified atom stereocenters. The van der Waals surface area contributed by atoms with Crippen molar-refractivity contribution in [2.24, 2.45) is 5.92 Å². The Bertz CT molecular complexity index is 470. The normalized spacial score (nSPS) is 17.6. The quantitative estimate of drug-likeness (QED) is 0.769. The number of nitrogen functional groups attached to an aromatic ring is 1. The highest BCUT2D eigenvalue weighted by molar-refractivity contribution is 5.94. The van der Waals surface area contributed by atoms with Crippen molar-refractivity contribution in [3.8, 4) is 0 Å². The summed E-state index contributed by atoms with van der Waals surface area (Å²) < 4.78 is 0. The Labute approximate surface area is 119 Å². The number of rotatable bonds is 5. The Morgan fingerprint density at radius 2 is 2.20 bits per heavy atom. The summed E-state index contributed by atoms with van der Waals surface area (Å²) in [5.41, 5.74) is 5.94. The summed E-state index contributed by atoms with van der Waals surface area (Å²) in [7, 11) is 0. The largest absolute Gasteiger partial charge is 0.478 e. The van der Waals surface area contributed by atoms with Crippen LogP contribution in [0.1, 0.15) is 55.8 Å². The third-order valence-electron chi connectivity index (χ3n) is 4.16. The topological polar surface area (TPSA) is 88.2 Å². The van der Waals surface area contributed by atoms with Gasteiger partial charge in [-0.2, -0.15) is 0 Å². The minimum Gasteiger partial charge on any atom is -0.478 e. The summed E-state index contributed by atoms with van der Waals surface area (Å²) in [6.07, 6.45) is 8.82. The molecule has 0 aliphatic heterocycles. The number of aromatic nitrogens is 1. The summed E-state index contributed by atoms with van der Waals surface area (Å²) in [5.74, 6) is 0.245. The molecule has 1 heterocycles. The van der Waals surface area contributed by atoms with Crippen LogP contribution in [0, 0.1) is 5.92 Å². The smallest absolute Gasteiger partial charge is 0.337 e. The van der Waals surface area contributed by atoms with E-state index < -0.39 is 5.97 Å². The molecule has 20 heavy (non-hydrogen) atoms. The third-order valence-corrected chi connectivity index (χ3v) is 4.16. The Balaban J connectivity index is 2.10. The number of nitrogens with zero attached hydrogens (tertiary/aromatic N) is 1. The highest BCUT2D eigenvalue weighted by Gasteiger charge is 2.22. The van der Waals surface area contributed by atoms with E-state index in [4.69, 9.17) is 10.8 Å². The molecule has 1 atom stereocenters. The fourth-order valence-corrected chi connectivity index (χ4v) is 3.01. The van der Waals surface area contributed by atoms with Gasteiger partial charge in [-0.3, -0.25) is 0 Å². The number of nitrogens with two attached hydrogens (primary N) is 1. The van der Waals surface area contributed by atoms with Crippen LogP contribution in [0.5, 0.6) is 0 Å². The Morgan fingerprint density at radius 3 is 2.80 bits per heavy atom. The molecule has 5 nitrogen and oxygen atoms in total. The number of anilines is 2. The van der Waals surface area contributed by atoms with Crippen LogP contribution in [0.2, 0.25) is 0 Å². The van der Waals surface area contributed by atoms with Crippen LogP contribution in [0.3, 0.4) is 0 Å². The molecule has 1 aliphatic carbocycles. The lowest BCUT2D eigenvalue weighted by molar-refractivity contribution is 0.0698. The fraction of sp³-hybridized carbons (Fsp3) is 0.600. The molecular formula is C15H23N3O2. The highest BCUT2D eigenvalue weighted by atomic mass is 16.4. The third kappa shape index (κ3) is 3.40. The van der Waals surface area contributed by atoms with Gasteiger partial charge in [-0.05, 0) is 31.2 Å². The van der Waals surface area contributed by atoms with E-state index >= 15 is 0 Å². The van der Waals surface area contributed by atoms with Crippen LogP contribution in [0.25, 0.3) is 0 Å². The maximum atomic E-state index is 11.1. The van der Waals surface area contributed by atoms with Crippen molar-refractivity contribution in [3.05, 3.63) is 17.8 Å².